The summed E-state index contributed by atoms with van der Waals surface area (Å²) >= 11 is 1.20. The van der Waals surface area contributed by atoms with Crippen molar-refractivity contribution in [2.45, 2.75) is 31.5 Å². The zero-order valence-corrected chi connectivity index (χ0v) is 17.0. The van der Waals surface area contributed by atoms with Crippen LogP contribution < -0.4 is 14.8 Å². The minimum Gasteiger partial charge on any atom is -0.454 e. The van der Waals surface area contributed by atoms with E-state index < -0.39 is 0 Å². The number of benzene rings is 2. The van der Waals surface area contributed by atoms with E-state index in [0.717, 1.165) is 17.5 Å². The summed E-state index contributed by atoms with van der Waals surface area (Å²) in [5.74, 6) is 1.81. The van der Waals surface area contributed by atoms with Crippen LogP contribution in [0.5, 0.6) is 11.5 Å². The molecule has 1 atom stereocenters. The Bertz CT molecular complexity index is 1000. The molecule has 0 unspecified atom stereocenters. The van der Waals surface area contributed by atoms with Gasteiger partial charge in [-0.2, -0.15) is 0 Å². The van der Waals surface area contributed by atoms with Crippen LogP contribution in [0, 0.1) is 0 Å². The largest absolute Gasteiger partial charge is 0.454 e. The number of ether oxygens (including phenoxy) is 2. The average molecular weight is 411 g/mol. The second kappa shape index (κ2) is 8.57. The fraction of sp³-hybridized carbons (Fsp3) is 0.286. The summed E-state index contributed by atoms with van der Waals surface area (Å²) in [4.78, 5) is 12.3. The number of aryl methyl sites for hydroxylation is 1. The molecule has 0 spiro atoms. The second-order valence-corrected chi connectivity index (χ2v) is 7.54. The first-order valence-electron chi connectivity index (χ1n) is 9.37. The van der Waals surface area contributed by atoms with Crippen LogP contribution >= 0.6 is 11.8 Å². The molecule has 4 rings (SSSR count). The molecular weight excluding hydrogens is 390 g/mol. The lowest BCUT2D eigenvalue weighted by Gasteiger charge is -2.14. The molecule has 8 heteroatoms. The summed E-state index contributed by atoms with van der Waals surface area (Å²) in [5.41, 5.74) is 3.09. The van der Waals surface area contributed by atoms with Gasteiger partial charge in [-0.05, 0) is 42.7 Å². The number of carbonyl (C=O) groups is 1. The molecule has 2 heterocycles. The average Bonchev–Trinajstić information content (AvgIpc) is 3.41. The van der Waals surface area contributed by atoms with E-state index in [2.05, 4.69) is 34.6 Å². The van der Waals surface area contributed by atoms with E-state index in [1.165, 1.54) is 17.3 Å². The normalized spacial score (nSPS) is 13.3. The monoisotopic (exact) mass is 411 g/mol. The van der Waals surface area contributed by atoms with E-state index in [0.29, 0.717) is 22.6 Å². The number of carbonyl (C=O) groups excluding carboxylic acids is 1. The summed E-state index contributed by atoms with van der Waals surface area (Å²) in [7, 11) is 0. The Labute approximate surface area is 172 Å². The van der Waals surface area contributed by atoms with Gasteiger partial charge in [-0.1, -0.05) is 43.0 Å². The van der Waals surface area contributed by atoms with Crippen LogP contribution in [0.25, 0.3) is 11.5 Å². The lowest BCUT2D eigenvalue weighted by Crippen LogP contribution is -2.28. The van der Waals surface area contributed by atoms with Gasteiger partial charge in [0.1, 0.15) is 0 Å². The van der Waals surface area contributed by atoms with Crippen LogP contribution in [-0.2, 0) is 11.2 Å². The lowest BCUT2D eigenvalue weighted by molar-refractivity contribution is -0.119. The number of amides is 1. The molecule has 29 heavy (non-hydrogen) atoms. The Balaban J connectivity index is 1.31. The van der Waals surface area contributed by atoms with Gasteiger partial charge in [0.15, 0.2) is 11.5 Å². The molecule has 7 nitrogen and oxygen atoms in total. The Morgan fingerprint density at radius 1 is 1.14 bits per heavy atom. The van der Waals surface area contributed by atoms with E-state index in [1.807, 2.05) is 25.1 Å². The van der Waals surface area contributed by atoms with Gasteiger partial charge in [0.2, 0.25) is 18.6 Å². The van der Waals surface area contributed by atoms with Crippen molar-refractivity contribution in [2.24, 2.45) is 0 Å². The van der Waals surface area contributed by atoms with Crippen LogP contribution in [0.2, 0.25) is 0 Å². The third-order valence-electron chi connectivity index (χ3n) is 4.62. The summed E-state index contributed by atoms with van der Waals surface area (Å²) in [6, 6.07) is 13.6. The van der Waals surface area contributed by atoms with Crippen LogP contribution in [-0.4, -0.2) is 28.7 Å². The Morgan fingerprint density at radius 3 is 2.72 bits per heavy atom. The summed E-state index contributed by atoms with van der Waals surface area (Å²) < 4.78 is 16.3. The lowest BCUT2D eigenvalue weighted by atomic mass is 10.1. The van der Waals surface area contributed by atoms with Crippen molar-refractivity contribution < 1.29 is 18.7 Å². The molecule has 1 amide bonds. The van der Waals surface area contributed by atoms with Crippen molar-refractivity contribution in [3.63, 3.8) is 0 Å². The maximum Gasteiger partial charge on any atom is 0.277 e. The Hall–Kier alpha value is -3.00. The standard InChI is InChI=1S/C21H21N3O4S/c1-3-14-4-6-15(7-5-14)13(2)22-19(25)11-29-21-24-23-20(28-21)16-8-9-17-18(10-16)27-12-26-17/h4-10,13H,3,11-12H2,1-2H3,(H,22,25)/t13-/m0/s1. The number of hydrogen-bond donors (Lipinski definition) is 1. The highest BCUT2D eigenvalue weighted by atomic mass is 32.2. The van der Waals surface area contributed by atoms with Gasteiger partial charge in [-0.25, -0.2) is 0 Å². The van der Waals surface area contributed by atoms with Gasteiger partial charge < -0.3 is 19.2 Å². The van der Waals surface area contributed by atoms with Crippen LogP contribution in [0.3, 0.4) is 0 Å². The van der Waals surface area contributed by atoms with Gasteiger partial charge in [-0.3, -0.25) is 4.79 Å². The second-order valence-electron chi connectivity index (χ2n) is 6.61. The molecule has 0 saturated carbocycles. The maximum atomic E-state index is 12.3. The maximum absolute atomic E-state index is 12.3. The summed E-state index contributed by atoms with van der Waals surface area (Å²) in [6.07, 6.45) is 0.996. The van der Waals surface area contributed by atoms with Crippen molar-refractivity contribution in [3.05, 3.63) is 53.6 Å². The minimum absolute atomic E-state index is 0.0686. The first-order chi connectivity index (χ1) is 14.1. The predicted octanol–water partition coefficient (Wildman–Crippen LogP) is 4.00. The van der Waals surface area contributed by atoms with Gasteiger partial charge in [0.05, 0.1) is 11.8 Å². The van der Waals surface area contributed by atoms with E-state index >= 15 is 0 Å². The Morgan fingerprint density at radius 2 is 1.93 bits per heavy atom. The number of thioether (sulfide) groups is 1. The van der Waals surface area contributed by atoms with Crippen molar-refractivity contribution in [1.29, 1.82) is 0 Å². The molecule has 0 bridgehead atoms. The molecule has 2 aromatic carbocycles. The van der Waals surface area contributed by atoms with Gasteiger partial charge in [0, 0.05) is 5.56 Å². The predicted molar refractivity (Wildman–Crippen MR) is 109 cm³/mol. The highest BCUT2D eigenvalue weighted by molar-refractivity contribution is 7.99. The first-order valence-corrected chi connectivity index (χ1v) is 10.4. The topological polar surface area (TPSA) is 86.5 Å². The number of hydrogen-bond acceptors (Lipinski definition) is 7. The van der Waals surface area contributed by atoms with E-state index in [1.54, 1.807) is 12.1 Å². The van der Waals surface area contributed by atoms with Gasteiger partial charge in [-0.15, -0.1) is 10.2 Å². The minimum atomic E-state index is -0.0927. The number of nitrogens with one attached hydrogen (secondary N) is 1. The van der Waals surface area contributed by atoms with E-state index in [9.17, 15) is 4.79 Å². The summed E-state index contributed by atoms with van der Waals surface area (Å²) in [6.45, 7) is 4.29. The molecule has 150 valence electrons. The quantitative estimate of drug-likeness (QED) is 0.588. The molecule has 1 aliphatic heterocycles. The highest BCUT2D eigenvalue weighted by Gasteiger charge is 2.17. The van der Waals surface area contributed by atoms with Crippen molar-refractivity contribution >= 4 is 17.7 Å². The highest BCUT2D eigenvalue weighted by Crippen LogP contribution is 2.36. The van der Waals surface area contributed by atoms with E-state index in [-0.39, 0.29) is 24.5 Å². The molecule has 1 aliphatic rings. The third-order valence-corrected chi connectivity index (χ3v) is 5.44. The van der Waals surface area contributed by atoms with Crippen LogP contribution in [0.1, 0.15) is 31.0 Å². The molecule has 1 N–H and O–H groups in total. The van der Waals surface area contributed by atoms with Crippen molar-refractivity contribution in [3.8, 4) is 23.0 Å². The zero-order valence-electron chi connectivity index (χ0n) is 16.2. The fourth-order valence-electron chi connectivity index (χ4n) is 2.95. The number of aromatic nitrogens is 2. The molecular formula is C21H21N3O4S. The molecule has 0 radical (unpaired) electrons. The van der Waals surface area contributed by atoms with Crippen LogP contribution in [0.15, 0.2) is 52.1 Å². The van der Waals surface area contributed by atoms with Crippen LogP contribution in [0.4, 0.5) is 0 Å². The molecule has 1 aromatic heterocycles. The number of rotatable bonds is 7. The molecule has 0 aliphatic carbocycles. The first kappa shape index (κ1) is 19.3. The molecule has 3 aromatic rings. The van der Waals surface area contributed by atoms with E-state index in [4.69, 9.17) is 13.9 Å². The third kappa shape index (κ3) is 4.54. The Kier molecular flexibility index (Phi) is 5.71. The van der Waals surface area contributed by atoms with Gasteiger partial charge in [0.25, 0.3) is 5.22 Å². The number of fused-ring (bicyclic) bond motifs is 1. The molecule has 0 fully saturated rings. The molecule has 0 saturated heterocycles. The van der Waals surface area contributed by atoms with Crippen molar-refractivity contribution in [2.75, 3.05) is 12.5 Å². The zero-order chi connectivity index (χ0) is 20.2. The smallest absolute Gasteiger partial charge is 0.277 e. The fourth-order valence-corrected chi connectivity index (χ4v) is 3.52. The SMILES string of the molecule is CCc1ccc([C@H](C)NC(=O)CSc2nnc(-c3ccc4c(c3)OCO4)o2)cc1. The number of nitrogens with zero attached hydrogens (tertiary/aromatic N) is 2. The van der Waals surface area contributed by atoms with Gasteiger partial charge >= 0.3 is 0 Å². The van der Waals surface area contributed by atoms with Crippen molar-refractivity contribution in [1.82, 2.24) is 15.5 Å². The summed E-state index contributed by atoms with van der Waals surface area (Å²) in [5, 5.41) is 11.4.